The molecule has 0 saturated carbocycles. The van der Waals surface area contributed by atoms with Gasteiger partial charge in [0, 0.05) is 29.5 Å². The quantitative estimate of drug-likeness (QED) is 0.638. The van der Waals surface area contributed by atoms with Crippen molar-refractivity contribution in [1.82, 2.24) is 10.3 Å². The molecule has 3 aromatic rings. The Balaban J connectivity index is 1.48. The Hall–Kier alpha value is -3.54. The molecule has 6 heteroatoms. The Labute approximate surface area is 163 Å². The van der Waals surface area contributed by atoms with E-state index in [0.29, 0.717) is 17.2 Å². The molecule has 4 rings (SSSR count). The summed E-state index contributed by atoms with van der Waals surface area (Å²) in [5.41, 5.74) is 10.1. The van der Waals surface area contributed by atoms with Crippen LogP contribution in [0.5, 0.6) is 5.75 Å². The fourth-order valence-electron chi connectivity index (χ4n) is 3.50. The minimum atomic E-state index is -0.223. The first-order valence-electron chi connectivity index (χ1n) is 9.17. The third-order valence-corrected chi connectivity index (χ3v) is 4.81. The van der Waals surface area contributed by atoms with E-state index in [1.54, 1.807) is 19.2 Å². The van der Waals surface area contributed by atoms with Crippen molar-refractivity contribution < 1.29 is 9.53 Å². The molecule has 0 bridgehead atoms. The Morgan fingerprint density at radius 3 is 2.54 bits per heavy atom. The number of benzene rings is 2. The maximum Gasteiger partial charge on any atom is 0.270 e. The number of carbonyl (C=O) groups is 1. The van der Waals surface area contributed by atoms with Crippen molar-refractivity contribution >= 4 is 23.1 Å². The second kappa shape index (κ2) is 7.60. The van der Waals surface area contributed by atoms with Gasteiger partial charge in [-0.15, -0.1) is 0 Å². The van der Waals surface area contributed by atoms with Gasteiger partial charge in [-0.05, 0) is 42.2 Å². The molecule has 1 aromatic heterocycles. The van der Waals surface area contributed by atoms with E-state index in [-0.39, 0.29) is 11.9 Å². The molecule has 0 atom stereocenters. The number of nitrogen functional groups attached to an aromatic ring is 1. The molecule has 0 fully saturated rings. The van der Waals surface area contributed by atoms with Crippen LogP contribution in [0.1, 0.15) is 21.6 Å². The first-order valence-corrected chi connectivity index (χ1v) is 9.17. The SMILES string of the molecule is COc1cccc(Nc2cc(N)cc(C(=O)NC3Cc4ccccc4C3)n2)c1. The summed E-state index contributed by atoms with van der Waals surface area (Å²) in [5, 5.41) is 6.25. The topological polar surface area (TPSA) is 89.3 Å². The molecule has 0 unspecified atom stereocenters. The minimum absolute atomic E-state index is 0.0722. The molecular weight excluding hydrogens is 352 g/mol. The highest BCUT2D eigenvalue weighted by molar-refractivity contribution is 5.94. The number of anilines is 3. The monoisotopic (exact) mass is 374 g/mol. The zero-order chi connectivity index (χ0) is 19.5. The third kappa shape index (κ3) is 3.91. The van der Waals surface area contributed by atoms with Gasteiger partial charge in [0.05, 0.1) is 7.11 Å². The van der Waals surface area contributed by atoms with Crippen LogP contribution in [0.3, 0.4) is 0 Å². The first-order chi connectivity index (χ1) is 13.6. The molecule has 0 spiro atoms. The van der Waals surface area contributed by atoms with Gasteiger partial charge in [-0.3, -0.25) is 4.79 Å². The first kappa shape index (κ1) is 17.9. The molecule has 0 radical (unpaired) electrons. The van der Waals surface area contributed by atoms with Gasteiger partial charge in [0.25, 0.3) is 5.91 Å². The maximum absolute atomic E-state index is 12.7. The summed E-state index contributed by atoms with van der Waals surface area (Å²) in [6.45, 7) is 0. The zero-order valence-corrected chi connectivity index (χ0v) is 15.6. The van der Waals surface area contributed by atoms with Crippen molar-refractivity contribution in [2.75, 3.05) is 18.2 Å². The Kier molecular flexibility index (Phi) is 4.85. The van der Waals surface area contributed by atoms with E-state index >= 15 is 0 Å². The van der Waals surface area contributed by atoms with E-state index in [1.165, 1.54) is 11.1 Å². The predicted octanol–water partition coefficient (Wildman–Crippen LogP) is 3.31. The summed E-state index contributed by atoms with van der Waals surface area (Å²) in [7, 11) is 1.61. The molecule has 1 aliphatic rings. The van der Waals surface area contributed by atoms with Crippen molar-refractivity contribution in [3.63, 3.8) is 0 Å². The lowest BCUT2D eigenvalue weighted by Gasteiger charge is -2.13. The van der Waals surface area contributed by atoms with E-state index in [0.717, 1.165) is 24.3 Å². The van der Waals surface area contributed by atoms with Crippen LogP contribution in [-0.2, 0) is 12.8 Å². The second-order valence-electron chi connectivity index (χ2n) is 6.88. The number of nitrogens with two attached hydrogens (primary N) is 1. The summed E-state index contributed by atoms with van der Waals surface area (Å²) in [5.74, 6) is 1.01. The van der Waals surface area contributed by atoms with Crippen LogP contribution in [-0.4, -0.2) is 24.0 Å². The number of fused-ring (bicyclic) bond motifs is 1. The Morgan fingerprint density at radius 2 is 1.82 bits per heavy atom. The standard InChI is InChI=1S/C22H22N4O2/c1-28-19-8-4-7-17(13-19)24-21-12-16(23)11-20(26-21)22(27)25-18-9-14-5-2-3-6-15(14)10-18/h2-8,11-13,18H,9-10H2,1H3,(H,25,27)(H3,23,24,26). The lowest BCUT2D eigenvalue weighted by atomic mass is 10.1. The lowest BCUT2D eigenvalue weighted by molar-refractivity contribution is 0.0933. The van der Waals surface area contributed by atoms with Gasteiger partial charge in [-0.25, -0.2) is 4.98 Å². The van der Waals surface area contributed by atoms with Crippen LogP contribution in [0.15, 0.2) is 60.7 Å². The number of ether oxygens (including phenoxy) is 1. The summed E-state index contributed by atoms with van der Waals surface area (Å²) >= 11 is 0. The Morgan fingerprint density at radius 1 is 1.07 bits per heavy atom. The summed E-state index contributed by atoms with van der Waals surface area (Å²) in [6, 6.07) is 19.1. The van der Waals surface area contributed by atoms with Crippen LogP contribution in [0.25, 0.3) is 0 Å². The summed E-state index contributed by atoms with van der Waals surface area (Å²) in [6.07, 6.45) is 1.66. The van der Waals surface area contributed by atoms with Crippen molar-refractivity contribution in [3.8, 4) is 5.75 Å². The molecule has 1 aliphatic carbocycles. The van der Waals surface area contributed by atoms with Gasteiger partial charge in [-0.2, -0.15) is 0 Å². The number of nitrogens with zero attached hydrogens (tertiary/aromatic N) is 1. The van der Waals surface area contributed by atoms with Crippen LogP contribution >= 0.6 is 0 Å². The highest BCUT2D eigenvalue weighted by Gasteiger charge is 2.23. The van der Waals surface area contributed by atoms with Gasteiger partial charge in [0.1, 0.15) is 17.3 Å². The largest absolute Gasteiger partial charge is 0.497 e. The average molecular weight is 374 g/mol. The van der Waals surface area contributed by atoms with Gasteiger partial charge in [0.2, 0.25) is 0 Å². The fourth-order valence-corrected chi connectivity index (χ4v) is 3.50. The third-order valence-electron chi connectivity index (χ3n) is 4.81. The molecule has 0 saturated heterocycles. The number of aromatic nitrogens is 1. The highest BCUT2D eigenvalue weighted by Crippen LogP contribution is 2.24. The zero-order valence-electron chi connectivity index (χ0n) is 15.6. The molecule has 6 nitrogen and oxygen atoms in total. The lowest BCUT2D eigenvalue weighted by Crippen LogP contribution is -2.35. The van der Waals surface area contributed by atoms with E-state index in [9.17, 15) is 4.79 Å². The van der Waals surface area contributed by atoms with E-state index in [4.69, 9.17) is 10.5 Å². The smallest absolute Gasteiger partial charge is 0.270 e. The second-order valence-corrected chi connectivity index (χ2v) is 6.88. The van der Waals surface area contributed by atoms with Crippen LogP contribution in [0.2, 0.25) is 0 Å². The fraction of sp³-hybridized carbons (Fsp3) is 0.182. The molecule has 0 aliphatic heterocycles. The molecule has 2 aromatic carbocycles. The Bertz CT molecular complexity index is 994. The van der Waals surface area contributed by atoms with E-state index < -0.39 is 0 Å². The molecule has 28 heavy (non-hydrogen) atoms. The van der Waals surface area contributed by atoms with Crippen molar-refractivity contribution in [1.29, 1.82) is 0 Å². The molecule has 1 heterocycles. The number of pyridine rings is 1. The van der Waals surface area contributed by atoms with Gasteiger partial charge < -0.3 is 21.1 Å². The summed E-state index contributed by atoms with van der Waals surface area (Å²) in [4.78, 5) is 17.2. The number of hydrogen-bond donors (Lipinski definition) is 3. The molecule has 1 amide bonds. The highest BCUT2D eigenvalue weighted by atomic mass is 16.5. The number of rotatable bonds is 5. The number of amides is 1. The van der Waals surface area contributed by atoms with Crippen molar-refractivity contribution in [2.45, 2.75) is 18.9 Å². The van der Waals surface area contributed by atoms with Crippen LogP contribution < -0.4 is 21.1 Å². The molecule has 142 valence electrons. The van der Waals surface area contributed by atoms with Crippen molar-refractivity contribution in [3.05, 3.63) is 77.5 Å². The van der Waals surface area contributed by atoms with Crippen LogP contribution in [0, 0.1) is 0 Å². The average Bonchev–Trinajstić information content (AvgIpc) is 3.10. The van der Waals surface area contributed by atoms with Gasteiger partial charge in [0.15, 0.2) is 0 Å². The number of carbonyl (C=O) groups excluding carboxylic acids is 1. The van der Waals surface area contributed by atoms with Crippen LogP contribution in [0.4, 0.5) is 17.2 Å². The molecule has 4 N–H and O–H groups in total. The normalized spacial score (nSPS) is 13.0. The number of hydrogen-bond acceptors (Lipinski definition) is 5. The molecular formula is C22H22N4O2. The van der Waals surface area contributed by atoms with Crippen molar-refractivity contribution in [2.24, 2.45) is 0 Å². The van der Waals surface area contributed by atoms with Gasteiger partial charge >= 0.3 is 0 Å². The summed E-state index contributed by atoms with van der Waals surface area (Å²) < 4.78 is 5.23. The maximum atomic E-state index is 12.7. The van der Waals surface area contributed by atoms with E-state index in [2.05, 4.69) is 27.8 Å². The van der Waals surface area contributed by atoms with Gasteiger partial charge in [-0.1, -0.05) is 30.3 Å². The minimum Gasteiger partial charge on any atom is -0.497 e. The predicted molar refractivity (Wildman–Crippen MR) is 110 cm³/mol. The van der Waals surface area contributed by atoms with E-state index in [1.807, 2.05) is 36.4 Å². The number of nitrogens with one attached hydrogen (secondary N) is 2. The number of methoxy groups -OCH3 is 1.